The lowest BCUT2D eigenvalue weighted by molar-refractivity contribution is 0.112. The lowest BCUT2D eigenvalue weighted by atomic mass is 9.81. The van der Waals surface area contributed by atoms with Crippen LogP contribution >= 0.6 is 11.6 Å². The molecule has 0 fully saturated rings. The maximum absolute atomic E-state index is 11.1. The molecule has 0 saturated heterocycles. The minimum absolute atomic E-state index is 0.167. The Balaban J connectivity index is 2.45. The summed E-state index contributed by atoms with van der Waals surface area (Å²) in [6.45, 7) is 6.66. The summed E-state index contributed by atoms with van der Waals surface area (Å²) in [6.07, 6.45) is 1.96. The number of hydrogen-bond donors (Lipinski definition) is 0. The van der Waals surface area contributed by atoms with Gasteiger partial charge in [0.2, 0.25) is 0 Å². The number of halogens is 1. The molecule has 0 spiro atoms. The maximum atomic E-state index is 11.1. The van der Waals surface area contributed by atoms with Crippen LogP contribution in [0.4, 0.5) is 0 Å². The molecule has 0 N–H and O–H groups in total. The maximum Gasteiger partial charge on any atom is 0.150 e. The highest BCUT2D eigenvalue weighted by atomic mass is 35.5. The lowest BCUT2D eigenvalue weighted by Crippen LogP contribution is -2.14. The van der Waals surface area contributed by atoms with Gasteiger partial charge in [-0.3, -0.25) is 4.79 Å². The fourth-order valence-electron chi connectivity index (χ4n) is 2.19. The fourth-order valence-corrected chi connectivity index (χ4v) is 2.36. The van der Waals surface area contributed by atoms with Crippen molar-refractivity contribution in [1.82, 2.24) is 0 Å². The molecule has 0 aliphatic carbocycles. The number of hydrogen-bond acceptors (Lipinski definition) is 1. The molecule has 20 heavy (non-hydrogen) atoms. The molecule has 0 radical (unpaired) electrons. The number of carbonyl (C=O) groups is 1. The zero-order chi connectivity index (χ0) is 14.8. The van der Waals surface area contributed by atoms with E-state index in [9.17, 15) is 4.79 Å². The van der Waals surface area contributed by atoms with Gasteiger partial charge in [-0.1, -0.05) is 56.6 Å². The lowest BCUT2D eigenvalue weighted by Gasteiger charge is -2.23. The summed E-state index contributed by atoms with van der Waals surface area (Å²) < 4.78 is 0. The van der Waals surface area contributed by atoms with Crippen LogP contribution in [-0.4, -0.2) is 6.29 Å². The third kappa shape index (κ3) is 2.94. The van der Waals surface area contributed by atoms with Gasteiger partial charge < -0.3 is 0 Å². The van der Waals surface area contributed by atoms with Gasteiger partial charge >= 0.3 is 0 Å². The highest BCUT2D eigenvalue weighted by molar-refractivity contribution is 6.31. The van der Waals surface area contributed by atoms with Gasteiger partial charge in [-0.05, 0) is 46.7 Å². The average molecular weight is 287 g/mol. The van der Waals surface area contributed by atoms with Crippen LogP contribution < -0.4 is 0 Å². The Morgan fingerprint density at radius 1 is 1.10 bits per heavy atom. The predicted octanol–water partition coefficient (Wildman–Crippen LogP) is 5.51. The Labute approximate surface area is 125 Å². The van der Waals surface area contributed by atoms with E-state index in [0.29, 0.717) is 10.6 Å². The number of carbonyl (C=O) groups excluding carboxylic acids is 1. The minimum atomic E-state index is 0.167. The van der Waals surface area contributed by atoms with Crippen LogP contribution in [0.3, 0.4) is 0 Å². The predicted molar refractivity (Wildman–Crippen MR) is 85.6 cm³/mol. The average Bonchev–Trinajstić information content (AvgIpc) is 2.47. The van der Waals surface area contributed by atoms with Crippen LogP contribution in [0.15, 0.2) is 42.5 Å². The van der Waals surface area contributed by atoms with E-state index in [1.54, 1.807) is 12.1 Å². The third-order valence-electron chi connectivity index (χ3n) is 4.00. The first-order valence-corrected chi connectivity index (χ1v) is 7.21. The van der Waals surface area contributed by atoms with Crippen molar-refractivity contribution >= 4 is 17.9 Å². The fraction of sp³-hybridized carbons (Fsp3) is 0.278. The molecule has 2 aromatic rings. The zero-order valence-corrected chi connectivity index (χ0v) is 12.9. The second-order valence-corrected chi connectivity index (χ2v) is 6.10. The first kappa shape index (κ1) is 14.8. The largest absolute Gasteiger partial charge is 0.298 e. The summed E-state index contributed by atoms with van der Waals surface area (Å²) in [7, 11) is 0. The molecule has 0 aliphatic rings. The van der Waals surface area contributed by atoms with Gasteiger partial charge in [-0.15, -0.1) is 0 Å². The van der Waals surface area contributed by atoms with E-state index >= 15 is 0 Å². The summed E-state index contributed by atoms with van der Waals surface area (Å²) in [5.41, 5.74) is 4.04. The van der Waals surface area contributed by atoms with E-state index in [1.807, 2.05) is 6.07 Å². The molecule has 0 unspecified atom stereocenters. The molecular weight excluding hydrogens is 268 g/mol. The van der Waals surface area contributed by atoms with E-state index < -0.39 is 0 Å². The van der Waals surface area contributed by atoms with Gasteiger partial charge in [0.1, 0.15) is 0 Å². The van der Waals surface area contributed by atoms with Crippen molar-refractivity contribution in [2.75, 3.05) is 0 Å². The normalized spacial score (nSPS) is 11.4. The Hall–Kier alpha value is -1.60. The second kappa shape index (κ2) is 5.80. The molecule has 0 heterocycles. The van der Waals surface area contributed by atoms with E-state index in [1.165, 1.54) is 5.56 Å². The van der Waals surface area contributed by atoms with Crippen LogP contribution in [0.25, 0.3) is 11.1 Å². The van der Waals surface area contributed by atoms with Gasteiger partial charge in [0.25, 0.3) is 0 Å². The molecule has 0 atom stereocenters. The van der Waals surface area contributed by atoms with E-state index in [-0.39, 0.29) is 5.41 Å². The van der Waals surface area contributed by atoms with Crippen molar-refractivity contribution in [2.45, 2.75) is 32.6 Å². The molecule has 2 rings (SSSR count). The van der Waals surface area contributed by atoms with E-state index in [2.05, 4.69) is 45.0 Å². The van der Waals surface area contributed by atoms with Crippen LogP contribution in [0.2, 0.25) is 5.02 Å². The minimum Gasteiger partial charge on any atom is -0.298 e. The van der Waals surface area contributed by atoms with Crippen molar-refractivity contribution in [3.05, 3.63) is 58.6 Å². The number of rotatable bonds is 4. The number of aldehydes is 1. The zero-order valence-electron chi connectivity index (χ0n) is 12.1. The molecule has 0 bridgehead atoms. The van der Waals surface area contributed by atoms with Gasteiger partial charge in [0.05, 0.1) is 0 Å². The Morgan fingerprint density at radius 2 is 1.75 bits per heavy atom. The second-order valence-electron chi connectivity index (χ2n) is 5.66. The highest BCUT2D eigenvalue weighted by Gasteiger charge is 2.17. The molecule has 104 valence electrons. The molecule has 0 amide bonds. The summed E-state index contributed by atoms with van der Waals surface area (Å²) in [6, 6.07) is 13.7. The Kier molecular flexibility index (Phi) is 4.29. The van der Waals surface area contributed by atoms with Crippen molar-refractivity contribution in [3.8, 4) is 11.1 Å². The third-order valence-corrected chi connectivity index (χ3v) is 4.24. The summed E-state index contributed by atoms with van der Waals surface area (Å²) in [5, 5.41) is 0.642. The summed E-state index contributed by atoms with van der Waals surface area (Å²) >= 11 is 6.03. The van der Waals surface area contributed by atoms with Crippen molar-refractivity contribution in [2.24, 2.45) is 0 Å². The molecule has 1 nitrogen and oxygen atoms in total. The standard InChI is InChI=1S/C18H19ClO/c1-4-18(2,3)15-8-5-13(6-9-15)17-11-16(19)10-7-14(17)12-20/h5-12H,4H2,1-3H3. The van der Waals surface area contributed by atoms with Crippen LogP contribution in [0.5, 0.6) is 0 Å². The van der Waals surface area contributed by atoms with E-state index in [4.69, 9.17) is 11.6 Å². The molecular formula is C18H19ClO. The summed E-state index contributed by atoms with van der Waals surface area (Å²) in [5.74, 6) is 0. The van der Waals surface area contributed by atoms with Crippen molar-refractivity contribution in [3.63, 3.8) is 0 Å². The van der Waals surface area contributed by atoms with Crippen LogP contribution in [0, 0.1) is 0 Å². The van der Waals surface area contributed by atoms with Gasteiger partial charge in [0.15, 0.2) is 6.29 Å². The molecule has 0 aliphatic heterocycles. The summed E-state index contributed by atoms with van der Waals surface area (Å²) in [4.78, 5) is 11.1. The monoisotopic (exact) mass is 286 g/mol. The van der Waals surface area contributed by atoms with Crippen molar-refractivity contribution in [1.29, 1.82) is 0 Å². The van der Waals surface area contributed by atoms with Crippen molar-refractivity contribution < 1.29 is 4.79 Å². The van der Waals surface area contributed by atoms with Gasteiger partial charge in [0, 0.05) is 10.6 Å². The Morgan fingerprint density at radius 3 is 2.30 bits per heavy atom. The number of benzene rings is 2. The molecule has 2 heteroatoms. The van der Waals surface area contributed by atoms with Crippen LogP contribution in [-0.2, 0) is 5.41 Å². The first-order chi connectivity index (χ1) is 9.47. The molecule has 2 aromatic carbocycles. The molecule has 0 aromatic heterocycles. The highest BCUT2D eigenvalue weighted by Crippen LogP contribution is 2.31. The van der Waals surface area contributed by atoms with Crippen LogP contribution in [0.1, 0.15) is 43.1 Å². The SMILES string of the molecule is CCC(C)(C)c1ccc(-c2cc(Cl)ccc2C=O)cc1. The topological polar surface area (TPSA) is 17.1 Å². The van der Waals surface area contributed by atoms with Gasteiger partial charge in [-0.2, -0.15) is 0 Å². The smallest absolute Gasteiger partial charge is 0.150 e. The quantitative estimate of drug-likeness (QED) is 0.678. The van der Waals surface area contributed by atoms with E-state index in [0.717, 1.165) is 23.8 Å². The first-order valence-electron chi connectivity index (χ1n) is 6.83. The van der Waals surface area contributed by atoms with Gasteiger partial charge in [-0.25, -0.2) is 0 Å². The Bertz CT molecular complexity index is 612. The molecule has 0 saturated carbocycles.